The van der Waals surface area contributed by atoms with Crippen molar-refractivity contribution < 1.29 is 9.47 Å². The van der Waals surface area contributed by atoms with Gasteiger partial charge in [-0.2, -0.15) is 5.10 Å². The summed E-state index contributed by atoms with van der Waals surface area (Å²) < 4.78 is 10.5. The average Bonchev–Trinajstić information content (AvgIpc) is 2.62. The smallest absolute Gasteiger partial charge is 0.191 e. The fraction of sp³-hybridized carbons (Fsp3) is 0.111. The average molecular weight is 341 g/mol. The molecule has 2 aromatic rings. The Morgan fingerprint density at radius 1 is 1.00 bits per heavy atom. The lowest BCUT2D eigenvalue weighted by molar-refractivity contribution is 0.414. The number of allylic oxidation sites excluding steroid dienone is 1. The van der Waals surface area contributed by atoms with Crippen LogP contribution in [0.2, 0.25) is 0 Å². The van der Waals surface area contributed by atoms with Crippen molar-refractivity contribution in [2.24, 2.45) is 5.10 Å². The van der Waals surface area contributed by atoms with Gasteiger partial charge in [0.05, 0.1) is 19.9 Å². The monoisotopic (exact) mass is 341 g/mol. The van der Waals surface area contributed by atoms with Crippen molar-refractivity contribution in [1.29, 1.82) is 0 Å². The molecule has 0 aromatic heterocycles. The van der Waals surface area contributed by atoms with Gasteiger partial charge in [-0.1, -0.05) is 30.3 Å². The molecule has 0 aliphatic rings. The number of thiocarbonyl (C=S) groups is 1. The van der Waals surface area contributed by atoms with E-state index in [9.17, 15) is 0 Å². The first kappa shape index (κ1) is 17.5. The number of para-hydroxylation sites is 3. The molecular weight excluding hydrogens is 322 g/mol. The first-order valence-electron chi connectivity index (χ1n) is 7.27. The fourth-order valence-electron chi connectivity index (χ4n) is 1.99. The minimum Gasteiger partial charge on any atom is -0.496 e. The fourth-order valence-corrected chi connectivity index (χ4v) is 2.15. The molecule has 0 saturated carbocycles. The minimum absolute atomic E-state index is 0.376. The van der Waals surface area contributed by atoms with Gasteiger partial charge in [0, 0.05) is 11.8 Å². The van der Waals surface area contributed by atoms with Gasteiger partial charge < -0.3 is 14.8 Å². The quantitative estimate of drug-likeness (QED) is 0.477. The van der Waals surface area contributed by atoms with Gasteiger partial charge in [0.15, 0.2) is 5.11 Å². The highest BCUT2D eigenvalue weighted by Crippen LogP contribution is 2.22. The van der Waals surface area contributed by atoms with Gasteiger partial charge in [0.2, 0.25) is 0 Å². The summed E-state index contributed by atoms with van der Waals surface area (Å²) in [5.41, 5.74) is 4.50. The Labute approximate surface area is 147 Å². The van der Waals surface area contributed by atoms with Gasteiger partial charge in [0.1, 0.15) is 11.5 Å². The first-order chi connectivity index (χ1) is 11.7. The van der Waals surface area contributed by atoms with Crippen LogP contribution in [0.4, 0.5) is 5.69 Å². The van der Waals surface area contributed by atoms with Crippen molar-refractivity contribution in [3.05, 3.63) is 60.2 Å². The summed E-state index contributed by atoms with van der Waals surface area (Å²) in [6.45, 7) is 0. The van der Waals surface area contributed by atoms with Crippen LogP contribution in [-0.4, -0.2) is 25.5 Å². The second kappa shape index (κ2) is 9.32. The molecule has 2 rings (SSSR count). The summed E-state index contributed by atoms with van der Waals surface area (Å²) in [5, 5.41) is 7.45. The maximum Gasteiger partial charge on any atom is 0.191 e. The normalized spacial score (nSPS) is 10.8. The molecular formula is C18H19N3O2S. The predicted molar refractivity (Wildman–Crippen MR) is 103 cm³/mol. The topological polar surface area (TPSA) is 54.9 Å². The molecule has 0 fully saturated rings. The zero-order valence-electron chi connectivity index (χ0n) is 13.5. The predicted octanol–water partition coefficient (Wildman–Crippen LogP) is 3.69. The number of nitrogens with zero attached hydrogens (tertiary/aromatic N) is 1. The van der Waals surface area contributed by atoms with Crippen LogP contribution in [0.25, 0.3) is 6.08 Å². The Balaban J connectivity index is 1.87. The zero-order chi connectivity index (χ0) is 17.2. The van der Waals surface area contributed by atoms with Crippen molar-refractivity contribution in [2.45, 2.75) is 0 Å². The number of anilines is 1. The number of methoxy groups -OCH3 is 2. The molecule has 0 spiro atoms. The van der Waals surface area contributed by atoms with Crippen molar-refractivity contribution in [3.63, 3.8) is 0 Å². The number of ether oxygens (including phenoxy) is 2. The molecule has 0 aliphatic heterocycles. The van der Waals surface area contributed by atoms with Crippen LogP contribution in [0.3, 0.4) is 0 Å². The molecule has 124 valence electrons. The van der Waals surface area contributed by atoms with Crippen molar-refractivity contribution >= 4 is 35.3 Å². The number of hydrazone groups is 1. The molecule has 0 amide bonds. The van der Waals surface area contributed by atoms with E-state index >= 15 is 0 Å². The Kier molecular flexibility index (Phi) is 6.79. The lowest BCUT2D eigenvalue weighted by Gasteiger charge is -2.10. The summed E-state index contributed by atoms with van der Waals surface area (Å²) in [6.07, 6.45) is 5.32. The summed E-state index contributed by atoms with van der Waals surface area (Å²) >= 11 is 5.19. The van der Waals surface area contributed by atoms with E-state index in [4.69, 9.17) is 21.7 Å². The van der Waals surface area contributed by atoms with Crippen molar-refractivity contribution in [2.75, 3.05) is 19.5 Å². The summed E-state index contributed by atoms with van der Waals surface area (Å²) in [7, 11) is 3.25. The largest absolute Gasteiger partial charge is 0.496 e. The lowest BCUT2D eigenvalue weighted by atomic mass is 10.2. The van der Waals surface area contributed by atoms with E-state index in [1.807, 2.05) is 54.6 Å². The van der Waals surface area contributed by atoms with Crippen molar-refractivity contribution in [1.82, 2.24) is 5.43 Å². The van der Waals surface area contributed by atoms with Crippen molar-refractivity contribution in [3.8, 4) is 11.5 Å². The molecule has 6 heteroatoms. The van der Waals surface area contributed by atoms with E-state index in [1.165, 1.54) is 0 Å². The Morgan fingerprint density at radius 2 is 1.67 bits per heavy atom. The molecule has 0 radical (unpaired) electrons. The number of hydrogen-bond acceptors (Lipinski definition) is 4. The highest BCUT2D eigenvalue weighted by molar-refractivity contribution is 7.80. The minimum atomic E-state index is 0.376. The maximum absolute atomic E-state index is 5.27. The van der Waals surface area contributed by atoms with Crippen LogP contribution >= 0.6 is 12.2 Å². The summed E-state index contributed by atoms with van der Waals surface area (Å²) in [4.78, 5) is 0. The molecule has 0 unspecified atom stereocenters. The van der Waals surface area contributed by atoms with Crippen LogP contribution in [0.1, 0.15) is 5.56 Å². The van der Waals surface area contributed by atoms with Gasteiger partial charge in [-0.05, 0) is 42.6 Å². The summed E-state index contributed by atoms with van der Waals surface area (Å²) in [6, 6.07) is 15.2. The number of benzene rings is 2. The SMILES string of the molecule is COc1ccccc1/C=C/C=N/NC(=S)Nc1ccccc1OC. The third-order valence-corrected chi connectivity index (χ3v) is 3.29. The third-order valence-electron chi connectivity index (χ3n) is 3.10. The van der Waals surface area contributed by atoms with Gasteiger partial charge in [-0.3, -0.25) is 5.43 Å². The van der Waals surface area contributed by atoms with Gasteiger partial charge >= 0.3 is 0 Å². The van der Waals surface area contributed by atoms with E-state index in [0.717, 1.165) is 17.0 Å². The second-order valence-corrected chi connectivity index (χ2v) is 5.05. The Morgan fingerprint density at radius 3 is 2.42 bits per heavy atom. The van der Waals surface area contributed by atoms with Crippen LogP contribution < -0.4 is 20.2 Å². The van der Waals surface area contributed by atoms with Crippen LogP contribution in [0.5, 0.6) is 11.5 Å². The molecule has 2 aromatic carbocycles. The van der Waals surface area contributed by atoms with E-state index < -0.39 is 0 Å². The molecule has 0 atom stereocenters. The summed E-state index contributed by atoms with van der Waals surface area (Å²) in [5.74, 6) is 1.52. The van der Waals surface area contributed by atoms with E-state index in [1.54, 1.807) is 26.5 Å². The van der Waals surface area contributed by atoms with Gasteiger partial charge in [-0.25, -0.2) is 0 Å². The second-order valence-electron chi connectivity index (χ2n) is 4.65. The number of nitrogens with one attached hydrogen (secondary N) is 2. The van der Waals surface area contributed by atoms with E-state index in [2.05, 4.69) is 15.8 Å². The highest BCUT2D eigenvalue weighted by atomic mass is 32.1. The lowest BCUT2D eigenvalue weighted by Crippen LogP contribution is -2.23. The van der Waals surface area contributed by atoms with Crippen LogP contribution in [0, 0.1) is 0 Å². The zero-order valence-corrected chi connectivity index (χ0v) is 14.3. The third kappa shape index (κ3) is 5.10. The highest BCUT2D eigenvalue weighted by Gasteiger charge is 2.02. The Bertz CT molecular complexity index is 745. The Hall–Kier alpha value is -2.86. The van der Waals surface area contributed by atoms with E-state index in [-0.39, 0.29) is 0 Å². The first-order valence-corrected chi connectivity index (χ1v) is 7.68. The maximum atomic E-state index is 5.27. The molecule has 0 bridgehead atoms. The van der Waals surface area contributed by atoms with Crippen LogP contribution in [0.15, 0.2) is 59.7 Å². The van der Waals surface area contributed by atoms with E-state index in [0.29, 0.717) is 10.9 Å². The van der Waals surface area contributed by atoms with Crippen LogP contribution in [-0.2, 0) is 0 Å². The molecule has 24 heavy (non-hydrogen) atoms. The van der Waals surface area contributed by atoms with Gasteiger partial charge in [-0.15, -0.1) is 0 Å². The molecule has 5 nitrogen and oxygen atoms in total. The molecule has 0 saturated heterocycles. The number of rotatable bonds is 6. The molecule has 0 aliphatic carbocycles. The molecule has 0 heterocycles. The molecule has 2 N–H and O–H groups in total. The van der Waals surface area contributed by atoms with Gasteiger partial charge in [0.25, 0.3) is 0 Å². The standard InChI is InChI=1S/C18H19N3O2S/c1-22-16-11-5-3-8-14(16)9-7-13-19-21-18(24)20-15-10-4-6-12-17(15)23-2/h3-13H,1-2H3,(H2,20,21,24)/b9-7+,19-13+. The number of hydrogen-bond donors (Lipinski definition) is 2.